The van der Waals surface area contributed by atoms with E-state index in [4.69, 9.17) is 4.74 Å². The molecule has 7 nitrogen and oxygen atoms in total. The molecule has 130 valence electrons. The molecule has 0 radical (unpaired) electrons. The lowest BCUT2D eigenvalue weighted by Crippen LogP contribution is -2.56. The van der Waals surface area contributed by atoms with Gasteiger partial charge in [0.05, 0.1) is 13.0 Å². The largest absolute Gasteiger partial charge is 0.468 e. The monoisotopic (exact) mass is 360 g/mol. The Labute approximate surface area is 147 Å². The number of nitrogens with zero attached hydrogens (tertiary/aromatic N) is 1. The number of ether oxygens (including phenoxy) is 1. The fourth-order valence-electron chi connectivity index (χ4n) is 3.33. The quantitative estimate of drug-likeness (QED) is 0.390. The first-order valence-electron chi connectivity index (χ1n) is 7.63. The van der Waals surface area contributed by atoms with Crippen molar-refractivity contribution >= 4 is 23.2 Å². The Morgan fingerprint density at radius 2 is 1.96 bits per heavy atom. The van der Waals surface area contributed by atoms with Gasteiger partial charge in [0.2, 0.25) is 11.9 Å². The summed E-state index contributed by atoms with van der Waals surface area (Å²) in [5, 5.41) is 18.1. The molecule has 0 aliphatic carbocycles. The molecule has 1 saturated heterocycles. The van der Waals surface area contributed by atoms with E-state index in [1.807, 2.05) is 0 Å². The molecule has 0 spiro atoms. The highest BCUT2D eigenvalue weighted by molar-refractivity contribution is 7.08. The lowest BCUT2D eigenvalue weighted by molar-refractivity contribution is -0.534. The molecular formula is C17H16N2O5S. The molecule has 3 rings (SSSR count). The van der Waals surface area contributed by atoms with E-state index in [-0.39, 0.29) is 0 Å². The molecule has 1 aliphatic heterocycles. The highest BCUT2D eigenvalue weighted by atomic mass is 32.1. The minimum Gasteiger partial charge on any atom is -0.468 e. The topological polar surface area (TPSA) is 98.5 Å². The van der Waals surface area contributed by atoms with Gasteiger partial charge in [0.1, 0.15) is 12.0 Å². The van der Waals surface area contributed by atoms with E-state index in [9.17, 15) is 19.7 Å². The van der Waals surface area contributed by atoms with Crippen molar-refractivity contribution in [1.82, 2.24) is 5.32 Å². The predicted octanol–water partition coefficient (Wildman–Crippen LogP) is 2.14. The fourth-order valence-corrected chi connectivity index (χ4v) is 4.02. The van der Waals surface area contributed by atoms with Crippen LogP contribution in [0.1, 0.15) is 23.1 Å². The van der Waals surface area contributed by atoms with Gasteiger partial charge in [-0.25, -0.2) is 0 Å². The van der Waals surface area contributed by atoms with Gasteiger partial charge in [-0.3, -0.25) is 19.7 Å². The molecule has 1 aromatic carbocycles. The zero-order valence-electron chi connectivity index (χ0n) is 13.3. The van der Waals surface area contributed by atoms with Crippen LogP contribution in [0.5, 0.6) is 0 Å². The molecule has 0 saturated carbocycles. The lowest BCUT2D eigenvalue weighted by atomic mass is 9.73. The molecule has 2 aromatic rings. The Morgan fingerprint density at radius 3 is 2.52 bits per heavy atom. The van der Waals surface area contributed by atoms with E-state index in [0.717, 1.165) is 0 Å². The second-order valence-electron chi connectivity index (χ2n) is 5.76. The first-order valence-corrected chi connectivity index (χ1v) is 8.57. The average molecular weight is 360 g/mol. The van der Waals surface area contributed by atoms with E-state index in [2.05, 4.69) is 5.32 Å². The van der Waals surface area contributed by atoms with Crippen molar-refractivity contribution in [3.63, 3.8) is 0 Å². The van der Waals surface area contributed by atoms with E-state index in [0.29, 0.717) is 11.1 Å². The van der Waals surface area contributed by atoms with Gasteiger partial charge in [-0.1, -0.05) is 30.3 Å². The number of piperidine rings is 1. The molecule has 0 bridgehead atoms. The van der Waals surface area contributed by atoms with Crippen LogP contribution in [0.25, 0.3) is 0 Å². The van der Waals surface area contributed by atoms with E-state index in [1.165, 1.54) is 18.4 Å². The summed E-state index contributed by atoms with van der Waals surface area (Å²) in [5.74, 6) is -3.52. The van der Waals surface area contributed by atoms with E-state index in [1.54, 1.807) is 47.2 Å². The van der Waals surface area contributed by atoms with Crippen LogP contribution in [-0.2, 0) is 14.3 Å². The van der Waals surface area contributed by atoms with Gasteiger partial charge in [0, 0.05) is 4.92 Å². The molecule has 1 fully saturated rings. The number of thiophene rings is 1. The number of nitro groups is 1. The number of amides is 1. The molecule has 1 N–H and O–H groups in total. The zero-order valence-corrected chi connectivity index (χ0v) is 14.1. The van der Waals surface area contributed by atoms with Crippen LogP contribution in [0.4, 0.5) is 0 Å². The van der Waals surface area contributed by atoms with Crippen LogP contribution in [0.2, 0.25) is 0 Å². The molecule has 1 amide bonds. The molecule has 0 unspecified atom stereocenters. The Morgan fingerprint density at radius 1 is 1.24 bits per heavy atom. The second-order valence-corrected chi connectivity index (χ2v) is 6.54. The number of rotatable bonds is 4. The minimum atomic E-state index is -1.27. The molecular weight excluding hydrogens is 344 g/mol. The normalized spacial score (nSPS) is 25.9. The van der Waals surface area contributed by atoms with Gasteiger partial charge in [-0.15, -0.1) is 0 Å². The van der Waals surface area contributed by atoms with Crippen LogP contribution in [0.3, 0.4) is 0 Å². The van der Waals surface area contributed by atoms with Gasteiger partial charge in [-0.2, -0.15) is 11.3 Å². The van der Waals surface area contributed by atoms with Crippen LogP contribution >= 0.6 is 11.3 Å². The molecule has 8 heteroatoms. The van der Waals surface area contributed by atoms with Crippen LogP contribution < -0.4 is 5.32 Å². The Balaban J connectivity index is 2.14. The van der Waals surface area contributed by atoms with Gasteiger partial charge in [0.25, 0.3) is 0 Å². The number of hydrogen-bond donors (Lipinski definition) is 1. The molecule has 4 atom stereocenters. The summed E-state index contributed by atoms with van der Waals surface area (Å²) in [5.41, 5.74) is 1.22. The number of methoxy groups -OCH3 is 1. The zero-order chi connectivity index (χ0) is 18.0. The molecule has 25 heavy (non-hydrogen) atoms. The second kappa shape index (κ2) is 7.02. The van der Waals surface area contributed by atoms with Gasteiger partial charge in [-0.05, 0) is 28.0 Å². The van der Waals surface area contributed by atoms with Crippen LogP contribution in [-0.4, -0.2) is 30.0 Å². The van der Waals surface area contributed by atoms with Gasteiger partial charge < -0.3 is 10.1 Å². The fraction of sp³-hybridized carbons (Fsp3) is 0.294. The number of nitrogens with one attached hydrogen (secondary N) is 1. The standard InChI is InChI=1S/C17H16N2O5S/c1-24-17(21)13-12(10-5-3-2-4-6-10)15(19(22)23)14(18-16(13)20)11-7-8-25-9-11/h2-9,12-15H,1H3,(H,18,20)/t12-,13-,14-,15+/m1/s1. The summed E-state index contributed by atoms with van der Waals surface area (Å²) < 4.78 is 4.75. The van der Waals surface area contributed by atoms with Gasteiger partial charge in [0.15, 0.2) is 0 Å². The van der Waals surface area contributed by atoms with Crippen molar-refractivity contribution in [1.29, 1.82) is 0 Å². The minimum absolute atomic E-state index is 0.421. The molecule has 1 aliphatic rings. The Kier molecular flexibility index (Phi) is 4.80. The maximum atomic E-state index is 12.6. The molecule has 1 aromatic heterocycles. The van der Waals surface area contributed by atoms with Gasteiger partial charge >= 0.3 is 5.97 Å². The first kappa shape index (κ1) is 17.1. The van der Waals surface area contributed by atoms with Crippen LogP contribution in [0, 0.1) is 16.0 Å². The summed E-state index contributed by atoms with van der Waals surface area (Å²) >= 11 is 1.39. The van der Waals surface area contributed by atoms with Crippen molar-refractivity contribution in [2.24, 2.45) is 5.92 Å². The van der Waals surface area contributed by atoms with Crippen molar-refractivity contribution in [3.05, 3.63) is 68.4 Å². The Bertz CT molecular complexity index is 778. The third-order valence-corrected chi connectivity index (χ3v) is 5.14. The third kappa shape index (κ3) is 3.12. The van der Waals surface area contributed by atoms with Crippen molar-refractivity contribution < 1.29 is 19.2 Å². The summed E-state index contributed by atoms with van der Waals surface area (Å²) in [6, 6.07) is 8.38. The Hall–Kier alpha value is -2.74. The predicted molar refractivity (Wildman–Crippen MR) is 90.7 cm³/mol. The summed E-state index contributed by atoms with van der Waals surface area (Å²) in [7, 11) is 1.17. The van der Waals surface area contributed by atoms with E-state index >= 15 is 0 Å². The number of hydrogen-bond acceptors (Lipinski definition) is 6. The summed E-state index contributed by atoms with van der Waals surface area (Å²) in [6.07, 6.45) is 0. The smallest absolute Gasteiger partial charge is 0.319 e. The molecule has 2 heterocycles. The van der Waals surface area contributed by atoms with E-state index < -0.39 is 40.7 Å². The average Bonchev–Trinajstić information content (AvgIpc) is 3.15. The van der Waals surface area contributed by atoms with Crippen LogP contribution in [0.15, 0.2) is 47.2 Å². The van der Waals surface area contributed by atoms with Crippen molar-refractivity contribution in [2.45, 2.75) is 18.0 Å². The summed E-state index contributed by atoms with van der Waals surface area (Å²) in [6.45, 7) is 0. The SMILES string of the molecule is COC(=O)[C@H]1C(=O)N[C@H](c2ccsc2)[C@@H]([N+](=O)[O-])[C@@H]1c1ccccc1. The van der Waals surface area contributed by atoms with Crippen molar-refractivity contribution in [2.75, 3.05) is 7.11 Å². The number of carbonyl (C=O) groups is 2. The number of carbonyl (C=O) groups excluding carboxylic acids is 2. The highest BCUT2D eigenvalue weighted by Gasteiger charge is 2.55. The summed E-state index contributed by atoms with van der Waals surface area (Å²) in [4.78, 5) is 36.3. The number of benzene rings is 1. The third-order valence-electron chi connectivity index (χ3n) is 4.43. The van der Waals surface area contributed by atoms with Crippen molar-refractivity contribution in [3.8, 4) is 0 Å². The maximum Gasteiger partial charge on any atom is 0.319 e. The first-order chi connectivity index (χ1) is 12.0. The lowest BCUT2D eigenvalue weighted by Gasteiger charge is -2.36. The highest BCUT2D eigenvalue weighted by Crippen LogP contribution is 2.41. The number of esters is 1. The maximum absolute atomic E-state index is 12.6.